The molecule has 2 heterocycles. The number of benzene rings is 2. The number of fused-ring (bicyclic) bond motifs is 2. The number of nitrogens with zero attached hydrogens (tertiary/aromatic N) is 3. The average Bonchev–Trinajstić information content (AvgIpc) is 2.70. The van der Waals surface area contributed by atoms with Gasteiger partial charge in [0.25, 0.3) is 5.56 Å². The zero-order valence-corrected chi connectivity index (χ0v) is 16.9. The van der Waals surface area contributed by atoms with Crippen molar-refractivity contribution in [3.63, 3.8) is 0 Å². The first kappa shape index (κ1) is 19.6. The van der Waals surface area contributed by atoms with E-state index in [1.54, 1.807) is 19.2 Å². The van der Waals surface area contributed by atoms with Crippen LogP contribution in [-0.4, -0.2) is 40.3 Å². The second-order valence-corrected chi connectivity index (χ2v) is 6.93. The molecule has 4 N–H and O–H groups in total. The summed E-state index contributed by atoms with van der Waals surface area (Å²) in [5.74, 6) is 1.32. The van der Waals surface area contributed by atoms with Crippen molar-refractivity contribution in [2.45, 2.75) is 13.8 Å². The van der Waals surface area contributed by atoms with E-state index in [1.807, 2.05) is 32.0 Å². The lowest BCUT2D eigenvalue weighted by Gasteiger charge is -2.10. The molecule has 0 amide bonds. The van der Waals surface area contributed by atoms with Crippen molar-refractivity contribution < 1.29 is 9.47 Å². The zero-order valence-electron chi connectivity index (χ0n) is 16.9. The maximum atomic E-state index is 12.5. The first-order chi connectivity index (χ1) is 14.4. The van der Waals surface area contributed by atoms with Crippen LogP contribution < -0.4 is 21.3 Å². The molecule has 0 bridgehead atoms. The summed E-state index contributed by atoms with van der Waals surface area (Å²) in [4.78, 5) is 28.7. The van der Waals surface area contributed by atoms with Gasteiger partial charge in [-0.05, 0) is 49.7 Å². The molecule has 0 aliphatic carbocycles. The highest BCUT2D eigenvalue weighted by Gasteiger charge is 2.11. The molecule has 0 saturated carbocycles. The van der Waals surface area contributed by atoms with E-state index in [-0.39, 0.29) is 11.5 Å². The highest BCUT2D eigenvalue weighted by Crippen LogP contribution is 2.24. The maximum Gasteiger partial charge on any atom is 0.260 e. The highest BCUT2D eigenvalue weighted by atomic mass is 16.5. The number of H-pyrrole nitrogens is 1. The zero-order chi connectivity index (χ0) is 21.3. The number of nitrogen functional groups attached to an aromatic ring is 1. The summed E-state index contributed by atoms with van der Waals surface area (Å²) in [5.41, 5.74) is 8.98. The molecule has 0 radical (unpaired) electrons. The minimum Gasteiger partial charge on any atom is -0.491 e. The lowest BCUT2D eigenvalue weighted by Crippen LogP contribution is -2.13. The predicted molar refractivity (Wildman–Crippen MR) is 116 cm³/mol. The van der Waals surface area contributed by atoms with E-state index < -0.39 is 0 Å². The van der Waals surface area contributed by atoms with Gasteiger partial charge in [-0.25, -0.2) is 15.0 Å². The Morgan fingerprint density at radius 3 is 2.70 bits per heavy atom. The topological polar surface area (TPSA) is 128 Å². The van der Waals surface area contributed by atoms with E-state index in [1.165, 1.54) is 0 Å². The second-order valence-electron chi connectivity index (χ2n) is 6.93. The van der Waals surface area contributed by atoms with Crippen LogP contribution in [0.2, 0.25) is 0 Å². The van der Waals surface area contributed by atoms with Crippen molar-refractivity contribution in [2.24, 2.45) is 0 Å². The molecule has 0 aliphatic heterocycles. The summed E-state index contributed by atoms with van der Waals surface area (Å²) in [6.07, 6.45) is 0. The first-order valence-corrected chi connectivity index (χ1v) is 9.42. The standard InChI is InChI=1S/C21H22N6O3/c1-11-8-13(22)9-16-18(11)25-21(26-19(16)28)27-20-23-12(2)15-10-14(30-7-6-29-3)4-5-17(15)24-20/h4-5,8-10H,6-7,22H2,1-3H3,(H2,23,24,25,26,27,28). The Hall–Kier alpha value is -3.72. The minimum absolute atomic E-state index is 0.263. The predicted octanol–water partition coefficient (Wildman–Crippen LogP) is 2.83. The fourth-order valence-electron chi connectivity index (χ4n) is 3.26. The third kappa shape index (κ3) is 3.87. The average molecular weight is 406 g/mol. The Labute approximate surface area is 172 Å². The molecule has 0 aliphatic rings. The van der Waals surface area contributed by atoms with Crippen LogP contribution >= 0.6 is 0 Å². The monoisotopic (exact) mass is 406 g/mol. The van der Waals surface area contributed by atoms with Gasteiger partial charge in [0.1, 0.15) is 12.4 Å². The van der Waals surface area contributed by atoms with Gasteiger partial charge in [0.2, 0.25) is 11.9 Å². The summed E-state index contributed by atoms with van der Waals surface area (Å²) in [6, 6.07) is 9.00. The molecule has 0 spiro atoms. The van der Waals surface area contributed by atoms with Crippen LogP contribution in [0.5, 0.6) is 5.75 Å². The van der Waals surface area contributed by atoms with Crippen LogP contribution in [0.25, 0.3) is 21.8 Å². The van der Waals surface area contributed by atoms with Crippen molar-refractivity contribution in [3.8, 4) is 5.75 Å². The van der Waals surface area contributed by atoms with Crippen molar-refractivity contribution in [3.05, 3.63) is 51.9 Å². The van der Waals surface area contributed by atoms with Crippen molar-refractivity contribution in [1.82, 2.24) is 19.9 Å². The molecule has 0 saturated heterocycles. The van der Waals surface area contributed by atoms with Crippen molar-refractivity contribution in [2.75, 3.05) is 31.4 Å². The molecule has 2 aromatic heterocycles. The molecular formula is C21H22N6O3. The number of hydrogen-bond acceptors (Lipinski definition) is 8. The van der Waals surface area contributed by atoms with Crippen LogP contribution in [0, 0.1) is 13.8 Å². The van der Waals surface area contributed by atoms with Crippen LogP contribution in [0.15, 0.2) is 35.1 Å². The van der Waals surface area contributed by atoms with Gasteiger partial charge in [0.05, 0.1) is 28.7 Å². The van der Waals surface area contributed by atoms with Crippen LogP contribution in [0.3, 0.4) is 0 Å². The molecule has 4 rings (SSSR count). The van der Waals surface area contributed by atoms with Gasteiger partial charge in [-0.15, -0.1) is 0 Å². The van der Waals surface area contributed by atoms with Gasteiger partial charge in [0, 0.05) is 18.2 Å². The molecular weight excluding hydrogens is 384 g/mol. The summed E-state index contributed by atoms with van der Waals surface area (Å²) in [6.45, 7) is 4.72. The lowest BCUT2D eigenvalue weighted by atomic mass is 10.1. The molecule has 2 aromatic carbocycles. The van der Waals surface area contributed by atoms with Crippen molar-refractivity contribution in [1.29, 1.82) is 0 Å². The molecule has 9 heteroatoms. The van der Waals surface area contributed by atoms with Crippen LogP contribution in [0.4, 0.5) is 17.6 Å². The fourth-order valence-corrected chi connectivity index (χ4v) is 3.26. The number of nitrogens with one attached hydrogen (secondary N) is 2. The summed E-state index contributed by atoms with van der Waals surface area (Å²) >= 11 is 0. The van der Waals surface area contributed by atoms with Gasteiger partial charge >= 0.3 is 0 Å². The first-order valence-electron chi connectivity index (χ1n) is 9.42. The molecule has 4 aromatic rings. The number of anilines is 3. The molecule has 9 nitrogen and oxygen atoms in total. The second kappa shape index (κ2) is 7.96. The molecule has 0 unspecified atom stereocenters. The molecule has 0 fully saturated rings. The van der Waals surface area contributed by atoms with Crippen LogP contribution in [0.1, 0.15) is 11.3 Å². The number of ether oxygens (including phenoxy) is 2. The maximum absolute atomic E-state index is 12.5. The number of aromatic nitrogens is 4. The van der Waals surface area contributed by atoms with Gasteiger partial charge in [-0.1, -0.05) is 0 Å². The Morgan fingerprint density at radius 2 is 1.90 bits per heavy atom. The van der Waals surface area contributed by atoms with E-state index in [2.05, 4.69) is 25.3 Å². The number of methoxy groups -OCH3 is 1. The normalized spacial score (nSPS) is 11.2. The Bertz CT molecular complexity index is 1300. The molecule has 154 valence electrons. The summed E-state index contributed by atoms with van der Waals surface area (Å²) < 4.78 is 10.7. The smallest absolute Gasteiger partial charge is 0.260 e. The van der Waals surface area contributed by atoms with Gasteiger partial charge in [0.15, 0.2) is 0 Å². The minimum atomic E-state index is -0.284. The van der Waals surface area contributed by atoms with E-state index in [0.717, 1.165) is 27.9 Å². The third-order valence-corrected chi connectivity index (χ3v) is 4.67. The van der Waals surface area contributed by atoms with Gasteiger partial charge in [-0.3, -0.25) is 15.1 Å². The van der Waals surface area contributed by atoms with E-state index in [0.29, 0.717) is 35.8 Å². The number of nitrogens with two attached hydrogens (primary N) is 1. The molecule has 30 heavy (non-hydrogen) atoms. The molecule has 0 atom stereocenters. The van der Waals surface area contributed by atoms with Gasteiger partial charge < -0.3 is 15.2 Å². The van der Waals surface area contributed by atoms with E-state index in [4.69, 9.17) is 15.2 Å². The quantitative estimate of drug-likeness (QED) is 0.329. The fraction of sp³-hybridized carbons (Fsp3) is 0.238. The number of hydrogen-bond donors (Lipinski definition) is 3. The SMILES string of the molecule is COCCOc1ccc2nc(Nc3nc4c(C)cc(N)cc4c(=O)[nH]3)nc(C)c2c1. The summed E-state index contributed by atoms with van der Waals surface area (Å²) in [5, 5.41) is 4.32. The number of rotatable bonds is 6. The van der Waals surface area contributed by atoms with Crippen LogP contribution in [-0.2, 0) is 4.74 Å². The third-order valence-electron chi connectivity index (χ3n) is 4.67. The lowest BCUT2D eigenvalue weighted by molar-refractivity contribution is 0.146. The largest absolute Gasteiger partial charge is 0.491 e. The Kier molecular flexibility index (Phi) is 5.20. The summed E-state index contributed by atoms with van der Waals surface area (Å²) in [7, 11) is 1.63. The highest BCUT2D eigenvalue weighted by molar-refractivity contribution is 5.86. The Morgan fingerprint density at radius 1 is 1.07 bits per heavy atom. The van der Waals surface area contributed by atoms with Gasteiger partial charge in [-0.2, -0.15) is 0 Å². The van der Waals surface area contributed by atoms with E-state index in [9.17, 15) is 4.79 Å². The van der Waals surface area contributed by atoms with E-state index >= 15 is 0 Å². The Balaban J connectivity index is 1.67. The number of aromatic amines is 1. The van der Waals surface area contributed by atoms with Crippen molar-refractivity contribution >= 4 is 39.4 Å². The number of aryl methyl sites for hydroxylation is 2.